The molecule has 3 N–H and O–H groups in total. The molecule has 0 saturated heterocycles. The molecule has 0 spiro atoms. The van der Waals surface area contributed by atoms with Gasteiger partial charge in [-0.15, -0.1) is 0 Å². The van der Waals surface area contributed by atoms with Crippen LogP contribution in [0, 0.1) is 17.3 Å². The van der Waals surface area contributed by atoms with Crippen molar-refractivity contribution in [2.45, 2.75) is 38.7 Å². The molecule has 0 aromatic heterocycles. The molecule has 2 aliphatic rings. The van der Waals surface area contributed by atoms with Crippen molar-refractivity contribution in [3.8, 4) is 0 Å². The quantitative estimate of drug-likeness (QED) is 0.618. The van der Waals surface area contributed by atoms with Crippen molar-refractivity contribution in [3.63, 3.8) is 0 Å². The molecule has 2 heteroatoms. The number of hydrogen-bond donors (Lipinski definition) is 2. The van der Waals surface area contributed by atoms with E-state index in [4.69, 9.17) is 5.73 Å². The molecule has 0 amide bonds. The lowest BCUT2D eigenvalue weighted by Gasteiger charge is -2.29. The Morgan fingerprint density at radius 2 is 2.08 bits per heavy atom. The first-order valence-corrected chi connectivity index (χ1v) is 4.92. The molecule has 3 unspecified atom stereocenters. The average Bonchev–Trinajstić information content (AvgIpc) is 2.54. The summed E-state index contributed by atoms with van der Waals surface area (Å²) in [5, 5.41) is 9.98. The molecule has 0 aromatic carbocycles. The van der Waals surface area contributed by atoms with Crippen LogP contribution in [0.2, 0.25) is 0 Å². The molecule has 2 nitrogen and oxygen atoms in total. The van der Waals surface area contributed by atoms with Crippen LogP contribution in [0.5, 0.6) is 0 Å². The SMILES string of the molecule is CC1(C)C2CCC(O)(CN)CC21. The summed E-state index contributed by atoms with van der Waals surface area (Å²) >= 11 is 0. The predicted molar refractivity (Wildman–Crippen MR) is 48.6 cm³/mol. The zero-order valence-electron chi connectivity index (χ0n) is 8.01. The van der Waals surface area contributed by atoms with Gasteiger partial charge in [-0.05, 0) is 36.5 Å². The Morgan fingerprint density at radius 3 is 2.58 bits per heavy atom. The Kier molecular flexibility index (Phi) is 1.59. The van der Waals surface area contributed by atoms with Crippen LogP contribution in [-0.4, -0.2) is 17.3 Å². The van der Waals surface area contributed by atoms with Crippen molar-refractivity contribution in [1.29, 1.82) is 0 Å². The second kappa shape index (κ2) is 2.24. The van der Waals surface area contributed by atoms with E-state index in [0.29, 0.717) is 12.0 Å². The molecular formula is C10H19NO. The third-order valence-electron chi connectivity index (χ3n) is 4.19. The molecule has 0 bridgehead atoms. The first-order chi connectivity index (χ1) is 5.49. The lowest BCUT2D eigenvalue weighted by Crippen LogP contribution is -2.40. The average molecular weight is 169 g/mol. The van der Waals surface area contributed by atoms with Crippen LogP contribution in [0.25, 0.3) is 0 Å². The molecule has 2 aliphatic carbocycles. The number of aliphatic hydroxyl groups is 1. The largest absolute Gasteiger partial charge is 0.389 e. The zero-order valence-corrected chi connectivity index (χ0v) is 8.01. The summed E-state index contributed by atoms with van der Waals surface area (Å²) in [5.41, 5.74) is 5.51. The van der Waals surface area contributed by atoms with Crippen molar-refractivity contribution in [1.82, 2.24) is 0 Å². The Morgan fingerprint density at radius 1 is 1.42 bits per heavy atom. The van der Waals surface area contributed by atoms with Crippen molar-refractivity contribution >= 4 is 0 Å². The fourth-order valence-electron chi connectivity index (χ4n) is 2.96. The first-order valence-electron chi connectivity index (χ1n) is 4.92. The van der Waals surface area contributed by atoms with Crippen molar-refractivity contribution < 1.29 is 5.11 Å². The van der Waals surface area contributed by atoms with Gasteiger partial charge in [-0.2, -0.15) is 0 Å². The second-order valence-electron chi connectivity index (χ2n) is 5.21. The number of nitrogens with two attached hydrogens (primary N) is 1. The van der Waals surface area contributed by atoms with E-state index in [9.17, 15) is 5.11 Å². The van der Waals surface area contributed by atoms with Crippen LogP contribution in [0.15, 0.2) is 0 Å². The maximum absolute atomic E-state index is 9.98. The Labute approximate surface area is 74.1 Å². The number of fused-ring (bicyclic) bond motifs is 1. The van der Waals surface area contributed by atoms with E-state index in [1.807, 2.05) is 0 Å². The third-order valence-corrected chi connectivity index (χ3v) is 4.19. The molecular weight excluding hydrogens is 150 g/mol. The van der Waals surface area contributed by atoms with Crippen molar-refractivity contribution in [2.24, 2.45) is 23.0 Å². The molecule has 12 heavy (non-hydrogen) atoms. The van der Waals surface area contributed by atoms with Gasteiger partial charge in [0.1, 0.15) is 0 Å². The molecule has 70 valence electrons. The van der Waals surface area contributed by atoms with Gasteiger partial charge in [-0.3, -0.25) is 0 Å². The number of rotatable bonds is 1. The molecule has 2 rings (SSSR count). The second-order valence-corrected chi connectivity index (χ2v) is 5.21. The molecule has 2 fully saturated rings. The molecule has 0 radical (unpaired) electrons. The van der Waals surface area contributed by atoms with Gasteiger partial charge in [0.25, 0.3) is 0 Å². The minimum absolute atomic E-state index is 0.437. The highest BCUT2D eigenvalue weighted by atomic mass is 16.3. The Bertz CT molecular complexity index is 202. The number of hydrogen-bond acceptors (Lipinski definition) is 2. The van der Waals surface area contributed by atoms with Crippen molar-refractivity contribution in [3.05, 3.63) is 0 Å². The molecule has 2 saturated carbocycles. The predicted octanol–water partition coefficient (Wildman–Crippen LogP) is 1.13. The maximum Gasteiger partial charge on any atom is 0.0772 e. The summed E-state index contributed by atoms with van der Waals surface area (Å²) < 4.78 is 0. The van der Waals surface area contributed by atoms with Crippen LogP contribution < -0.4 is 5.73 Å². The van der Waals surface area contributed by atoms with Crippen LogP contribution in [-0.2, 0) is 0 Å². The van der Waals surface area contributed by atoms with E-state index in [1.54, 1.807) is 0 Å². The molecule has 3 atom stereocenters. The van der Waals surface area contributed by atoms with Crippen molar-refractivity contribution in [2.75, 3.05) is 6.54 Å². The summed E-state index contributed by atoms with van der Waals surface area (Å²) in [6.07, 6.45) is 3.01. The van der Waals surface area contributed by atoms with Gasteiger partial charge in [0.15, 0.2) is 0 Å². The minimum atomic E-state index is -0.533. The first kappa shape index (κ1) is 8.52. The van der Waals surface area contributed by atoms with E-state index in [2.05, 4.69) is 13.8 Å². The lowest BCUT2D eigenvalue weighted by atomic mass is 9.85. The highest BCUT2D eigenvalue weighted by molar-refractivity contribution is 5.11. The molecule has 0 heterocycles. The van der Waals surface area contributed by atoms with E-state index in [0.717, 1.165) is 24.7 Å². The Balaban J connectivity index is 2.05. The van der Waals surface area contributed by atoms with Gasteiger partial charge in [-0.1, -0.05) is 13.8 Å². The standard InChI is InChI=1S/C10H19NO/c1-9(2)7-3-4-10(12,6-11)5-8(7)9/h7-8,12H,3-6,11H2,1-2H3. The van der Waals surface area contributed by atoms with Gasteiger partial charge in [0.2, 0.25) is 0 Å². The van der Waals surface area contributed by atoms with Gasteiger partial charge < -0.3 is 10.8 Å². The summed E-state index contributed by atoms with van der Waals surface area (Å²) in [4.78, 5) is 0. The monoisotopic (exact) mass is 169 g/mol. The zero-order chi connectivity index (χ0) is 8.98. The Hall–Kier alpha value is -0.0800. The molecule has 0 aliphatic heterocycles. The highest BCUT2D eigenvalue weighted by Crippen LogP contribution is 2.66. The minimum Gasteiger partial charge on any atom is -0.389 e. The lowest BCUT2D eigenvalue weighted by molar-refractivity contribution is 0.00827. The fraction of sp³-hybridized carbons (Fsp3) is 1.00. The van der Waals surface area contributed by atoms with Gasteiger partial charge >= 0.3 is 0 Å². The fourth-order valence-corrected chi connectivity index (χ4v) is 2.96. The highest BCUT2D eigenvalue weighted by Gasteiger charge is 2.61. The summed E-state index contributed by atoms with van der Waals surface area (Å²) in [7, 11) is 0. The van der Waals surface area contributed by atoms with E-state index < -0.39 is 5.60 Å². The van der Waals surface area contributed by atoms with E-state index >= 15 is 0 Å². The third kappa shape index (κ3) is 1.01. The van der Waals surface area contributed by atoms with Gasteiger partial charge in [0, 0.05) is 6.54 Å². The van der Waals surface area contributed by atoms with Crippen LogP contribution in [0.4, 0.5) is 0 Å². The maximum atomic E-state index is 9.98. The summed E-state index contributed by atoms with van der Waals surface area (Å²) in [6.45, 7) is 5.06. The topological polar surface area (TPSA) is 46.2 Å². The smallest absolute Gasteiger partial charge is 0.0772 e. The summed E-state index contributed by atoms with van der Waals surface area (Å²) in [6, 6.07) is 0. The van der Waals surface area contributed by atoms with Gasteiger partial charge in [-0.25, -0.2) is 0 Å². The van der Waals surface area contributed by atoms with Gasteiger partial charge in [0.05, 0.1) is 5.60 Å². The van der Waals surface area contributed by atoms with E-state index in [-0.39, 0.29) is 0 Å². The van der Waals surface area contributed by atoms with Crippen LogP contribution in [0.1, 0.15) is 33.1 Å². The molecule has 0 aromatic rings. The van der Waals surface area contributed by atoms with E-state index in [1.165, 1.54) is 6.42 Å². The normalized spacial score (nSPS) is 50.0. The van der Waals surface area contributed by atoms with Crippen LogP contribution in [0.3, 0.4) is 0 Å². The van der Waals surface area contributed by atoms with Crippen LogP contribution >= 0.6 is 0 Å². The summed E-state index contributed by atoms with van der Waals surface area (Å²) in [5.74, 6) is 1.60.